The third-order valence-corrected chi connectivity index (χ3v) is 6.63. The van der Waals surface area contributed by atoms with Crippen LogP contribution in [0.25, 0.3) is 10.9 Å². The lowest BCUT2D eigenvalue weighted by molar-refractivity contribution is -0.128. The number of fused-ring (bicyclic) bond motifs is 1. The van der Waals surface area contributed by atoms with E-state index in [1.807, 2.05) is 42.5 Å². The fourth-order valence-corrected chi connectivity index (χ4v) is 4.77. The second-order valence-electron chi connectivity index (χ2n) is 8.59. The normalized spacial score (nSPS) is 18.9. The van der Waals surface area contributed by atoms with Crippen LogP contribution in [0.5, 0.6) is 11.5 Å². The number of amides is 3. The number of carbonyl (C=O) groups is 2. The van der Waals surface area contributed by atoms with Gasteiger partial charge in [-0.2, -0.15) is 0 Å². The zero-order chi connectivity index (χ0) is 23.7. The van der Waals surface area contributed by atoms with Gasteiger partial charge in [-0.15, -0.1) is 0 Å². The van der Waals surface area contributed by atoms with Crippen LogP contribution in [-0.2, 0) is 4.79 Å². The molecule has 0 saturated carbocycles. The van der Waals surface area contributed by atoms with Crippen LogP contribution in [0.15, 0.2) is 48.8 Å². The van der Waals surface area contributed by atoms with Crippen molar-refractivity contribution in [2.45, 2.75) is 18.9 Å². The molecule has 5 rings (SSSR count). The van der Waals surface area contributed by atoms with Crippen molar-refractivity contribution in [3.05, 3.63) is 54.4 Å². The molecule has 0 spiro atoms. The maximum Gasteiger partial charge on any atom is 0.325 e. The number of anilines is 1. The molecule has 2 aliphatic rings. The van der Waals surface area contributed by atoms with Gasteiger partial charge in [0.25, 0.3) is 5.91 Å². The first kappa shape index (κ1) is 21.9. The zero-order valence-electron chi connectivity index (χ0n) is 19.2. The van der Waals surface area contributed by atoms with Crippen molar-refractivity contribution in [3.63, 3.8) is 0 Å². The van der Waals surface area contributed by atoms with Crippen LogP contribution in [0, 0.1) is 5.92 Å². The van der Waals surface area contributed by atoms with E-state index in [1.54, 1.807) is 20.5 Å². The first-order valence-corrected chi connectivity index (χ1v) is 11.4. The van der Waals surface area contributed by atoms with E-state index in [0.717, 1.165) is 48.2 Å². The lowest BCUT2D eigenvalue weighted by Gasteiger charge is -2.34. The molecule has 0 radical (unpaired) electrons. The van der Waals surface area contributed by atoms with Crippen molar-refractivity contribution in [2.75, 3.05) is 38.8 Å². The standard InChI is InChI=1S/C25H27N5O4/c1-33-20-12-18-19(13-21(20)34-2)26-15-27-23(18)29-10-8-16(9-11-29)14-30-24(31)22(28-25(30)32)17-6-4-3-5-7-17/h3-7,12-13,15-16,22H,8-11,14H2,1-2H3,(H,28,32). The van der Waals surface area contributed by atoms with Crippen molar-refractivity contribution in [3.8, 4) is 11.5 Å². The zero-order valence-corrected chi connectivity index (χ0v) is 19.2. The van der Waals surface area contributed by atoms with Gasteiger partial charge in [-0.25, -0.2) is 14.8 Å². The summed E-state index contributed by atoms with van der Waals surface area (Å²) in [5.41, 5.74) is 1.59. The summed E-state index contributed by atoms with van der Waals surface area (Å²) in [4.78, 5) is 38.0. The third-order valence-electron chi connectivity index (χ3n) is 6.63. The van der Waals surface area contributed by atoms with Crippen LogP contribution in [-0.4, -0.2) is 60.7 Å². The van der Waals surface area contributed by atoms with Crippen molar-refractivity contribution in [1.29, 1.82) is 0 Å². The molecule has 9 heteroatoms. The Labute approximate surface area is 197 Å². The molecule has 34 heavy (non-hydrogen) atoms. The summed E-state index contributed by atoms with van der Waals surface area (Å²) in [6.45, 7) is 1.98. The van der Waals surface area contributed by atoms with E-state index in [0.29, 0.717) is 18.0 Å². The highest BCUT2D eigenvalue weighted by molar-refractivity contribution is 6.04. The molecule has 3 heterocycles. The number of nitrogens with zero attached hydrogens (tertiary/aromatic N) is 4. The first-order valence-electron chi connectivity index (χ1n) is 11.4. The van der Waals surface area contributed by atoms with Gasteiger partial charge in [0.2, 0.25) is 0 Å². The van der Waals surface area contributed by atoms with E-state index in [1.165, 1.54) is 4.90 Å². The fourth-order valence-electron chi connectivity index (χ4n) is 4.77. The number of benzene rings is 2. The maximum absolute atomic E-state index is 12.9. The number of carbonyl (C=O) groups excluding carboxylic acids is 2. The molecule has 176 valence electrons. The number of ether oxygens (including phenoxy) is 2. The summed E-state index contributed by atoms with van der Waals surface area (Å²) in [7, 11) is 3.21. The molecule has 3 aromatic rings. The monoisotopic (exact) mass is 461 g/mol. The average molecular weight is 462 g/mol. The first-order chi connectivity index (χ1) is 16.6. The lowest BCUT2D eigenvalue weighted by Crippen LogP contribution is -2.41. The quantitative estimate of drug-likeness (QED) is 0.563. The third kappa shape index (κ3) is 3.98. The highest BCUT2D eigenvalue weighted by Crippen LogP contribution is 2.36. The number of imide groups is 1. The number of methoxy groups -OCH3 is 2. The number of urea groups is 1. The summed E-state index contributed by atoms with van der Waals surface area (Å²) >= 11 is 0. The Hall–Kier alpha value is -3.88. The number of nitrogens with one attached hydrogen (secondary N) is 1. The molecule has 9 nitrogen and oxygen atoms in total. The number of hydrogen-bond acceptors (Lipinski definition) is 7. The summed E-state index contributed by atoms with van der Waals surface area (Å²) in [6.07, 6.45) is 3.27. The Morgan fingerprint density at radius 3 is 2.41 bits per heavy atom. The van der Waals surface area contributed by atoms with Crippen molar-refractivity contribution >= 4 is 28.7 Å². The molecule has 2 fully saturated rings. The van der Waals surface area contributed by atoms with Crippen molar-refractivity contribution < 1.29 is 19.1 Å². The largest absolute Gasteiger partial charge is 0.493 e. The SMILES string of the molecule is COc1cc2ncnc(N3CCC(CN4C(=O)NC(c5ccccc5)C4=O)CC3)c2cc1OC. The van der Waals surface area contributed by atoms with Gasteiger partial charge < -0.3 is 19.7 Å². The van der Waals surface area contributed by atoms with Gasteiger partial charge in [-0.05, 0) is 30.4 Å². The minimum absolute atomic E-state index is 0.179. The summed E-state index contributed by atoms with van der Waals surface area (Å²) in [5, 5.41) is 3.72. The smallest absolute Gasteiger partial charge is 0.325 e. The Bertz CT molecular complexity index is 1210. The van der Waals surface area contributed by atoms with E-state index >= 15 is 0 Å². The van der Waals surface area contributed by atoms with Gasteiger partial charge in [0.05, 0.1) is 19.7 Å². The minimum atomic E-state index is -0.604. The molecule has 1 N–H and O–H groups in total. The maximum atomic E-state index is 12.9. The van der Waals surface area contributed by atoms with E-state index < -0.39 is 6.04 Å². The fraction of sp³-hybridized carbons (Fsp3) is 0.360. The molecule has 2 saturated heterocycles. The van der Waals surface area contributed by atoms with Crippen LogP contribution >= 0.6 is 0 Å². The predicted molar refractivity (Wildman–Crippen MR) is 127 cm³/mol. The summed E-state index contributed by atoms with van der Waals surface area (Å²) in [5.74, 6) is 2.17. The Balaban J connectivity index is 1.27. The van der Waals surface area contributed by atoms with Crippen LogP contribution in [0.2, 0.25) is 0 Å². The molecule has 1 unspecified atom stereocenters. The Morgan fingerprint density at radius 1 is 1.00 bits per heavy atom. The van der Waals surface area contributed by atoms with E-state index in [4.69, 9.17) is 9.47 Å². The van der Waals surface area contributed by atoms with Crippen LogP contribution < -0.4 is 19.7 Å². The Kier molecular flexibility index (Phi) is 5.91. The molecule has 2 aromatic carbocycles. The summed E-state index contributed by atoms with van der Waals surface area (Å²) in [6, 6.07) is 12.2. The number of piperidine rings is 1. The molecule has 2 aliphatic heterocycles. The molecular weight excluding hydrogens is 434 g/mol. The van der Waals surface area contributed by atoms with E-state index in [-0.39, 0.29) is 17.9 Å². The molecule has 0 aliphatic carbocycles. The van der Waals surface area contributed by atoms with Gasteiger partial charge in [0.1, 0.15) is 18.2 Å². The summed E-state index contributed by atoms with van der Waals surface area (Å²) < 4.78 is 10.9. The molecular formula is C25H27N5O4. The second kappa shape index (κ2) is 9.17. The highest BCUT2D eigenvalue weighted by Gasteiger charge is 2.40. The second-order valence-corrected chi connectivity index (χ2v) is 8.59. The molecule has 1 aromatic heterocycles. The topological polar surface area (TPSA) is 96.9 Å². The van der Waals surface area contributed by atoms with Crippen LogP contribution in [0.1, 0.15) is 24.4 Å². The van der Waals surface area contributed by atoms with Gasteiger partial charge in [0.15, 0.2) is 11.5 Å². The molecule has 0 bridgehead atoms. The minimum Gasteiger partial charge on any atom is -0.493 e. The van der Waals surface area contributed by atoms with Crippen molar-refractivity contribution in [1.82, 2.24) is 20.2 Å². The number of hydrogen-bond donors (Lipinski definition) is 1. The molecule has 3 amide bonds. The molecule has 1 atom stereocenters. The number of aromatic nitrogens is 2. The highest BCUT2D eigenvalue weighted by atomic mass is 16.5. The van der Waals surface area contributed by atoms with Gasteiger partial charge in [0, 0.05) is 31.1 Å². The van der Waals surface area contributed by atoms with E-state index in [9.17, 15) is 9.59 Å². The Morgan fingerprint density at radius 2 is 1.71 bits per heavy atom. The lowest BCUT2D eigenvalue weighted by atomic mass is 9.95. The van der Waals surface area contributed by atoms with Crippen LogP contribution in [0.3, 0.4) is 0 Å². The number of rotatable bonds is 6. The van der Waals surface area contributed by atoms with Crippen molar-refractivity contribution in [2.24, 2.45) is 5.92 Å². The predicted octanol–water partition coefficient (Wildman–Crippen LogP) is 3.16. The van der Waals surface area contributed by atoms with Gasteiger partial charge >= 0.3 is 6.03 Å². The average Bonchev–Trinajstić information content (AvgIpc) is 3.16. The van der Waals surface area contributed by atoms with Gasteiger partial charge in [-0.1, -0.05) is 30.3 Å². The van der Waals surface area contributed by atoms with E-state index in [2.05, 4.69) is 20.2 Å². The van der Waals surface area contributed by atoms with Crippen LogP contribution in [0.4, 0.5) is 10.6 Å². The van der Waals surface area contributed by atoms with Gasteiger partial charge in [-0.3, -0.25) is 9.69 Å².